The molecule has 104 valence electrons. The molecule has 0 saturated carbocycles. The fourth-order valence-corrected chi connectivity index (χ4v) is 4.81. The van der Waals surface area contributed by atoms with E-state index in [0.29, 0.717) is 11.5 Å². The Kier molecular flexibility index (Phi) is 3.50. The monoisotopic (exact) mass is 280 g/mol. The lowest BCUT2D eigenvalue weighted by atomic mass is 10.2. The van der Waals surface area contributed by atoms with Gasteiger partial charge in [0, 0.05) is 37.9 Å². The van der Waals surface area contributed by atoms with Gasteiger partial charge < -0.3 is 4.90 Å². The van der Waals surface area contributed by atoms with Gasteiger partial charge in [-0.05, 0) is 18.6 Å². The maximum absolute atomic E-state index is 11.5. The first-order valence-corrected chi connectivity index (χ1v) is 8.71. The maximum atomic E-state index is 11.5. The van der Waals surface area contributed by atoms with Crippen molar-refractivity contribution in [1.29, 1.82) is 0 Å². The number of hydrogen-bond donors (Lipinski definition) is 0. The van der Waals surface area contributed by atoms with Gasteiger partial charge in [-0.15, -0.1) is 0 Å². The number of hydrogen-bond acceptors (Lipinski definition) is 4. The Labute approximate surface area is 114 Å². The van der Waals surface area contributed by atoms with Gasteiger partial charge in [-0.3, -0.25) is 4.90 Å². The first-order chi connectivity index (χ1) is 9.14. The average Bonchev–Trinajstić information content (AvgIpc) is 2.80. The van der Waals surface area contributed by atoms with Crippen LogP contribution in [0, 0.1) is 0 Å². The Morgan fingerprint density at radius 3 is 2.26 bits per heavy atom. The van der Waals surface area contributed by atoms with E-state index in [1.807, 2.05) is 6.07 Å². The zero-order valence-corrected chi connectivity index (χ0v) is 11.8. The van der Waals surface area contributed by atoms with E-state index in [1.54, 1.807) is 0 Å². The van der Waals surface area contributed by atoms with Gasteiger partial charge in [-0.1, -0.05) is 18.2 Å². The predicted octanol–water partition coefficient (Wildman–Crippen LogP) is 0.996. The lowest BCUT2D eigenvalue weighted by Crippen LogP contribution is -2.50. The minimum Gasteiger partial charge on any atom is -0.369 e. The first kappa shape index (κ1) is 12.9. The van der Waals surface area contributed by atoms with Crippen LogP contribution in [0.25, 0.3) is 0 Å². The fraction of sp³-hybridized carbons (Fsp3) is 0.571. The van der Waals surface area contributed by atoms with Crippen LogP contribution in [0.1, 0.15) is 6.42 Å². The van der Waals surface area contributed by atoms with Gasteiger partial charge in [0.05, 0.1) is 11.5 Å². The number of anilines is 1. The molecule has 2 aliphatic rings. The lowest BCUT2D eigenvalue weighted by molar-refractivity contribution is 0.200. The highest BCUT2D eigenvalue weighted by atomic mass is 32.2. The van der Waals surface area contributed by atoms with Crippen LogP contribution in [0.5, 0.6) is 0 Å². The highest BCUT2D eigenvalue weighted by Crippen LogP contribution is 2.21. The smallest absolute Gasteiger partial charge is 0.151 e. The maximum Gasteiger partial charge on any atom is 0.151 e. The van der Waals surface area contributed by atoms with E-state index in [4.69, 9.17) is 0 Å². The molecule has 2 saturated heterocycles. The third-order valence-corrected chi connectivity index (χ3v) is 5.91. The molecule has 0 N–H and O–H groups in total. The SMILES string of the molecule is O=S1(=O)CCC(N2CCN(c3ccccc3)CC2)C1. The second kappa shape index (κ2) is 5.13. The number of para-hydroxylation sites is 1. The van der Waals surface area contributed by atoms with Crippen molar-refractivity contribution in [3.05, 3.63) is 30.3 Å². The Bertz CT molecular complexity index is 522. The van der Waals surface area contributed by atoms with Crippen molar-refractivity contribution in [3.63, 3.8) is 0 Å². The van der Waals surface area contributed by atoms with E-state index >= 15 is 0 Å². The normalized spacial score (nSPS) is 27.6. The summed E-state index contributed by atoms with van der Waals surface area (Å²) in [5.74, 6) is 0.731. The highest BCUT2D eigenvalue weighted by molar-refractivity contribution is 7.91. The van der Waals surface area contributed by atoms with Crippen LogP contribution in [0.15, 0.2) is 30.3 Å². The Morgan fingerprint density at radius 2 is 1.68 bits per heavy atom. The second-order valence-corrected chi connectivity index (χ2v) is 7.64. The van der Waals surface area contributed by atoms with Crippen LogP contribution in [0.4, 0.5) is 5.69 Å². The summed E-state index contributed by atoms with van der Waals surface area (Å²) < 4.78 is 23.1. The molecule has 0 aliphatic carbocycles. The molecule has 3 rings (SSSR count). The van der Waals surface area contributed by atoms with Crippen LogP contribution in [0.2, 0.25) is 0 Å². The summed E-state index contributed by atoms with van der Waals surface area (Å²) >= 11 is 0. The van der Waals surface area contributed by atoms with Gasteiger partial charge in [0.2, 0.25) is 0 Å². The summed E-state index contributed by atoms with van der Waals surface area (Å²) in [7, 11) is -2.77. The molecule has 0 spiro atoms. The molecule has 5 heteroatoms. The van der Waals surface area contributed by atoms with Crippen LogP contribution < -0.4 is 4.90 Å². The van der Waals surface area contributed by atoms with Gasteiger partial charge in [0.15, 0.2) is 9.84 Å². The molecule has 19 heavy (non-hydrogen) atoms. The number of sulfone groups is 1. The van der Waals surface area contributed by atoms with Crippen LogP contribution in [0.3, 0.4) is 0 Å². The van der Waals surface area contributed by atoms with Crippen molar-refractivity contribution in [2.45, 2.75) is 12.5 Å². The minimum absolute atomic E-state index is 0.253. The summed E-state index contributed by atoms with van der Waals surface area (Å²) in [5, 5.41) is 0. The zero-order chi connectivity index (χ0) is 13.3. The van der Waals surface area contributed by atoms with E-state index in [1.165, 1.54) is 5.69 Å². The number of piperazine rings is 1. The topological polar surface area (TPSA) is 40.6 Å². The zero-order valence-electron chi connectivity index (χ0n) is 11.0. The van der Waals surface area contributed by atoms with Crippen molar-refractivity contribution in [3.8, 4) is 0 Å². The lowest BCUT2D eigenvalue weighted by Gasteiger charge is -2.38. The Morgan fingerprint density at radius 1 is 1.00 bits per heavy atom. The van der Waals surface area contributed by atoms with Crippen molar-refractivity contribution in [2.75, 3.05) is 42.6 Å². The van der Waals surface area contributed by atoms with Gasteiger partial charge in [-0.2, -0.15) is 0 Å². The van der Waals surface area contributed by atoms with E-state index in [9.17, 15) is 8.42 Å². The molecule has 2 fully saturated rings. The molecular formula is C14H20N2O2S. The molecule has 1 atom stereocenters. The average molecular weight is 280 g/mol. The van der Waals surface area contributed by atoms with Crippen LogP contribution in [-0.2, 0) is 9.84 Å². The second-order valence-electron chi connectivity index (χ2n) is 5.42. The molecule has 1 aromatic rings. The summed E-state index contributed by atoms with van der Waals surface area (Å²) in [4.78, 5) is 4.73. The molecule has 0 amide bonds. The van der Waals surface area contributed by atoms with Gasteiger partial charge in [-0.25, -0.2) is 8.42 Å². The molecule has 4 nitrogen and oxygen atoms in total. The standard InChI is InChI=1S/C14H20N2O2S/c17-19(18)11-6-14(12-19)16-9-7-15(8-10-16)13-4-2-1-3-5-13/h1-5,14H,6-12H2. The number of nitrogens with zero attached hydrogens (tertiary/aromatic N) is 2. The Balaban J connectivity index is 1.58. The summed E-state index contributed by atoms with van der Waals surface area (Å²) in [6.07, 6.45) is 0.813. The molecule has 0 radical (unpaired) electrons. The summed E-state index contributed by atoms with van der Waals surface area (Å²) in [5.41, 5.74) is 1.26. The van der Waals surface area contributed by atoms with Crippen molar-refractivity contribution in [2.24, 2.45) is 0 Å². The first-order valence-electron chi connectivity index (χ1n) is 6.88. The van der Waals surface area contributed by atoms with Crippen LogP contribution >= 0.6 is 0 Å². The minimum atomic E-state index is -2.77. The van der Waals surface area contributed by atoms with E-state index < -0.39 is 9.84 Å². The van der Waals surface area contributed by atoms with E-state index in [-0.39, 0.29) is 6.04 Å². The Hall–Kier alpha value is -1.07. The van der Waals surface area contributed by atoms with Crippen molar-refractivity contribution < 1.29 is 8.42 Å². The molecule has 2 heterocycles. The fourth-order valence-electron chi connectivity index (χ4n) is 3.05. The molecule has 2 aliphatic heterocycles. The molecule has 1 aromatic carbocycles. The molecule has 0 bridgehead atoms. The van der Waals surface area contributed by atoms with Gasteiger partial charge in [0.1, 0.15) is 0 Å². The van der Waals surface area contributed by atoms with Crippen LogP contribution in [-0.4, -0.2) is 57.0 Å². The molecule has 0 aromatic heterocycles. The molecule has 1 unspecified atom stereocenters. The molecular weight excluding hydrogens is 260 g/mol. The largest absolute Gasteiger partial charge is 0.369 e. The van der Waals surface area contributed by atoms with Crippen molar-refractivity contribution >= 4 is 15.5 Å². The summed E-state index contributed by atoms with van der Waals surface area (Å²) in [6.45, 7) is 3.91. The third-order valence-electron chi connectivity index (χ3n) is 4.16. The third kappa shape index (κ3) is 2.92. The van der Waals surface area contributed by atoms with Gasteiger partial charge in [0.25, 0.3) is 0 Å². The number of benzene rings is 1. The predicted molar refractivity (Wildman–Crippen MR) is 77.3 cm³/mol. The quantitative estimate of drug-likeness (QED) is 0.810. The van der Waals surface area contributed by atoms with Crippen molar-refractivity contribution in [1.82, 2.24) is 4.90 Å². The highest BCUT2D eigenvalue weighted by Gasteiger charge is 2.33. The summed E-state index contributed by atoms with van der Waals surface area (Å²) in [6, 6.07) is 10.7. The van der Waals surface area contributed by atoms with E-state index in [2.05, 4.69) is 34.1 Å². The number of rotatable bonds is 2. The van der Waals surface area contributed by atoms with Gasteiger partial charge >= 0.3 is 0 Å². The van der Waals surface area contributed by atoms with E-state index in [0.717, 1.165) is 32.6 Å².